The third-order valence-electron chi connectivity index (χ3n) is 7.95. The number of unbranched alkanes of at least 4 members (excludes halogenated alkanes) is 6. The third-order valence-corrected chi connectivity index (χ3v) is 10.3. The Hall–Kier alpha value is -4.21. The van der Waals surface area contributed by atoms with Crippen molar-refractivity contribution >= 4 is 34.6 Å². The van der Waals surface area contributed by atoms with Gasteiger partial charge in [0.2, 0.25) is 0 Å². The summed E-state index contributed by atoms with van der Waals surface area (Å²) in [4.78, 5) is 40.9. The highest BCUT2D eigenvalue weighted by atomic mass is 32.1. The van der Waals surface area contributed by atoms with E-state index < -0.39 is 11.9 Å². The van der Waals surface area contributed by atoms with Gasteiger partial charge in [0.15, 0.2) is 0 Å². The highest BCUT2D eigenvalue weighted by Gasteiger charge is 2.18. The van der Waals surface area contributed by atoms with Crippen molar-refractivity contribution in [1.29, 1.82) is 0 Å². The van der Waals surface area contributed by atoms with E-state index in [9.17, 15) is 19.8 Å². The maximum atomic E-state index is 12.1. The van der Waals surface area contributed by atoms with Gasteiger partial charge < -0.3 is 10.2 Å². The predicted molar refractivity (Wildman–Crippen MR) is 187 cm³/mol. The zero-order chi connectivity index (χ0) is 32.5. The van der Waals surface area contributed by atoms with Gasteiger partial charge in [0, 0.05) is 27.0 Å². The summed E-state index contributed by atoms with van der Waals surface area (Å²) < 4.78 is 0. The van der Waals surface area contributed by atoms with E-state index in [-0.39, 0.29) is 22.5 Å². The quantitative estimate of drug-likeness (QED) is 0.102. The SMILES string of the molecule is CCCCCCc1csc(-c2sc(-c3ccnc(-c4cc(C(=O)O)cc(-c5cc(C(=O)O)ccn5)n4)c3)cc2CCCCCC)c1. The summed E-state index contributed by atoms with van der Waals surface area (Å²) in [5, 5.41) is 21.6. The van der Waals surface area contributed by atoms with Crippen LogP contribution in [0.2, 0.25) is 0 Å². The summed E-state index contributed by atoms with van der Waals surface area (Å²) in [6.45, 7) is 4.47. The van der Waals surface area contributed by atoms with Crippen molar-refractivity contribution in [2.45, 2.75) is 78.1 Å². The zero-order valence-corrected chi connectivity index (χ0v) is 27.9. The fraction of sp³-hybridized carbons (Fsp3) is 0.324. The minimum absolute atomic E-state index is 0.0192. The minimum Gasteiger partial charge on any atom is -0.478 e. The van der Waals surface area contributed by atoms with E-state index in [1.807, 2.05) is 23.5 Å². The van der Waals surface area contributed by atoms with Crippen molar-refractivity contribution in [3.63, 3.8) is 0 Å². The zero-order valence-electron chi connectivity index (χ0n) is 26.3. The van der Waals surface area contributed by atoms with E-state index in [0.29, 0.717) is 11.4 Å². The Morgan fingerprint density at radius 2 is 1.30 bits per heavy atom. The second-order valence-electron chi connectivity index (χ2n) is 11.5. The second kappa shape index (κ2) is 15.9. The van der Waals surface area contributed by atoms with Gasteiger partial charge in [-0.15, -0.1) is 22.7 Å². The number of hydrogen-bond acceptors (Lipinski definition) is 7. The number of carboxylic acid groups (broad SMARTS) is 2. The number of aromatic nitrogens is 3. The van der Waals surface area contributed by atoms with Gasteiger partial charge >= 0.3 is 11.9 Å². The van der Waals surface area contributed by atoms with E-state index in [0.717, 1.165) is 29.7 Å². The van der Waals surface area contributed by atoms with Gasteiger partial charge in [0.1, 0.15) is 0 Å². The Morgan fingerprint density at radius 3 is 1.98 bits per heavy atom. The molecule has 0 aliphatic heterocycles. The van der Waals surface area contributed by atoms with Crippen LogP contribution in [0.3, 0.4) is 0 Å². The van der Waals surface area contributed by atoms with Crippen molar-refractivity contribution in [2.75, 3.05) is 0 Å². The van der Waals surface area contributed by atoms with Gasteiger partial charge in [-0.1, -0.05) is 52.4 Å². The molecule has 0 amide bonds. The van der Waals surface area contributed by atoms with Crippen LogP contribution in [0.5, 0.6) is 0 Å². The van der Waals surface area contributed by atoms with Crippen LogP contribution in [0, 0.1) is 0 Å². The Morgan fingerprint density at radius 1 is 0.674 bits per heavy atom. The average Bonchev–Trinajstić information content (AvgIpc) is 3.72. The Kier molecular flexibility index (Phi) is 11.4. The lowest BCUT2D eigenvalue weighted by molar-refractivity contribution is 0.0686. The van der Waals surface area contributed by atoms with Crippen LogP contribution in [0.4, 0.5) is 0 Å². The number of rotatable bonds is 16. The molecule has 0 radical (unpaired) electrons. The molecule has 5 aromatic heterocycles. The molecule has 0 aliphatic carbocycles. The van der Waals surface area contributed by atoms with E-state index in [1.54, 1.807) is 17.5 Å². The second-order valence-corrected chi connectivity index (χ2v) is 13.5. The maximum absolute atomic E-state index is 12.1. The van der Waals surface area contributed by atoms with Crippen molar-refractivity contribution in [3.05, 3.63) is 88.6 Å². The van der Waals surface area contributed by atoms with Gasteiger partial charge in [0.25, 0.3) is 0 Å². The predicted octanol–water partition coefficient (Wildman–Crippen LogP) is 10.3. The topological polar surface area (TPSA) is 113 Å². The molecule has 5 heterocycles. The highest BCUT2D eigenvalue weighted by Crippen LogP contribution is 2.42. The Balaban J connectivity index is 1.49. The fourth-order valence-electron chi connectivity index (χ4n) is 5.43. The lowest BCUT2D eigenvalue weighted by Gasteiger charge is -2.08. The molecule has 0 saturated carbocycles. The van der Waals surface area contributed by atoms with E-state index in [1.165, 1.54) is 96.3 Å². The van der Waals surface area contributed by atoms with Crippen molar-refractivity contribution in [3.8, 4) is 43.0 Å². The lowest BCUT2D eigenvalue weighted by Crippen LogP contribution is -2.02. The first kappa shape index (κ1) is 33.2. The van der Waals surface area contributed by atoms with Gasteiger partial charge in [-0.05, 0) is 96.3 Å². The minimum atomic E-state index is -1.12. The van der Waals surface area contributed by atoms with Crippen molar-refractivity contribution < 1.29 is 19.8 Å². The first-order valence-corrected chi connectivity index (χ1v) is 17.7. The normalized spacial score (nSPS) is 11.2. The Bertz CT molecular complexity index is 1810. The third kappa shape index (κ3) is 8.33. The number of carbonyl (C=O) groups is 2. The number of aryl methyl sites for hydroxylation is 2. The molecular weight excluding hydrogens is 615 g/mol. The molecule has 0 bridgehead atoms. The van der Waals surface area contributed by atoms with Crippen LogP contribution >= 0.6 is 22.7 Å². The number of thiophene rings is 2. The molecule has 5 rings (SSSR count). The summed E-state index contributed by atoms with van der Waals surface area (Å²) in [6, 6.07) is 14.3. The molecule has 238 valence electrons. The van der Waals surface area contributed by atoms with Crippen LogP contribution in [0.1, 0.15) is 97.1 Å². The van der Waals surface area contributed by atoms with Crippen molar-refractivity contribution in [2.24, 2.45) is 0 Å². The van der Waals surface area contributed by atoms with Crippen LogP contribution in [0.25, 0.3) is 43.0 Å². The van der Waals surface area contributed by atoms with Crippen molar-refractivity contribution in [1.82, 2.24) is 15.0 Å². The lowest BCUT2D eigenvalue weighted by atomic mass is 10.0. The van der Waals surface area contributed by atoms with E-state index >= 15 is 0 Å². The van der Waals surface area contributed by atoms with E-state index in [2.05, 4.69) is 46.3 Å². The monoisotopic (exact) mass is 653 g/mol. The summed E-state index contributed by atoms with van der Waals surface area (Å²) in [5.74, 6) is -2.22. The van der Waals surface area contributed by atoms with Gasteiger partial charge in [-0.2, -0.15) is 0 Å². The number of nitrogens with zero attached hydrogens (tertiary/aromatic N) is 3. The standard InChI is InChI=1S/C37H39N3O4S2/c1-3-5-7-9-11-24-17-34(45-23-24)35-26(12-10-8-6-4-2)22-33(46-35)25-13-15-38-29(18-25)31-20-28(37(43)44)21-32(40-31)30-19-27(36(41)42)14-16-39-30/h13-23H,3-12H2,1-2H3,(H,41,42)(H,43,44). The summed E-state index contributed by atoms with van der Waals surface area (Å²) in [7, 11) is 0. The van der Waals surface area contributed by atoms with Gasteiger partial charge in [-0.25, -0.2) is 14.6 Å². The fourth-order valence-corrected chi connectivity index (χ4v) is 7.74. The van der Waals surface area contributed by atoms with Crippen LogP contribution < -0.4 is 0 Å². The molecule has 7 nitrogen and oxygen atoms in total. The maximum Gasteiger partial charge on any atom is 0.335 e. The molecule has 0 fully saturated rings. The van der Waals surface area contributed by atoms with Gasteiger partial charge in [0.05, 0.1) is 33.9 Å². The molecule has 5 aromatic rings. The molecular formula is C37H39N3O4S2. The smallest absolute Gasteiger partial charge is 0.335 e. The molecule has 0 aliphatic rings. The molecule has 46 heavy (non-hydrogen) atoms. The largest absolute Gasteiger partial charge is 0.478 e. The summed E-state index contributed by atoms with van der Waals surface area (Å²) in [5.41, 5.74) is 5.28. The summed E-state index contributed by atoms with van der Waals surface area (Å²) >= 11 is 3.62. The molecule has 9 heteroatoms. The molecule has 0 atom stereocenters. The molecule has 2 N–H and O–H groups in total. The number of carboxylic acids is 2. The average molecular weight is 654 g/mol. The number of pyridine rings is 3. The van der Waals surface area contributed by atoms with Crippen LogP contribution in [-0.4, -0.2) is 37.1 Å². The van der Waals surface area contributed by atoms with Gasteiger partial charge in [-0.3, -0.25) is 9.97 Å². The van der Waals surface area contributed by atoms with E-state index in [4.69, 9.17) is 0 Å². The number of hydrogen-bond donors (Lipinski definition) is 2. The first-order valence-electron chi connectivity index (χ1n) is 16.0. The highest BCUT2D eigenvalue weighted by molar-refractivity contribution is 7.23. The molecule has 0 spiro atoms. The summed E-state index contributed by atoms with van der Waals surface area (Å²) in [6.07, 6.45) is 15.1. The Labute approximate surface area is 278 Å². The number of aromatic carboxylic acids is 2. The van der Waals surface area contributed by atoms with Crippen LogP contribution in [-0.2, 0) is 12.8 Å². The molecule has 0 unspecified atom stereocenters. The first-order chi connectivity index (χ1) is 22.4. The molecule has 0 aromatic carbocycles. The van der Waals surface area contributed by atoms with Crippen LogP contribution in [0.15, 0.2) is 66.3 Å². The molecule has 0 saturated heterocycles.